The van der Waals surface area contributed by atoms with Gasteiger partial charge in [-0.2, -0.15) is 29.1 Å². The summed E-state index contributed by atoms with van der Waals surface area (Å²) in [4.78, 5) is 63.9. The predicted octanol–water partition coefficient (Wildman–Crippen LogP) is 3.51. The Kier molecular flexibility index (Phi) is 8.93. The number of nitrogens with zero attached hydrogens (tertiary/aromatic N) is 7. The van der Waals surface area contributed by atoms with Crippen LogP contribution in [0.4, 0.5) is 39.9 Å². The van der Waals surface area contributed by atoms with Gasteiger partial charge in [0.1, 0.15) is 12.0 Å². The number of rotatable bonds is 12. The van der Waals surface area contributed by atoms with Gasteiger partial charge in [-0.3, -0.25) is 10.9 Å². The summed E-state index contributed by atoms with van der Waals surface area (Å²) >= 11 is 1.08. The highest BCUT2D eigenvalue weighted by Crippen LogP contribution is 2.35. The minimum absolute atomic E-state index is 0.0196. The van der Waals surface area contributed by atoms with Crippen LogP contribution in [0, 0.1) is 0 Å². The third-order valence-electron chi connectivity index (χ3n) is 6.47. The summed E-state index contributed by atoms with van der Waals surface area (Å²) in [5.41, 5.74) is 11.2. The Morgan fingerprint density at radius 1 is 0.735 bits per heavy atom. The topological polar surface area (TPSA) is 306 Å². The lowest BCUT2D eigenvalue weighted by Gasteiger charge is -2.18. The molecule has 0 unspecified atom stereocenters. The first-order chi connectivity index (χ1) is 23.1. The van der Waals surface area contributed by atoms with Gasteiger partial charge in [0, 0.05) is 28.3 Å². The number of nitrogen functional groups attached to an aromatic ring is 1. The van der Waals surface area contributed by atoms with Gasteiger partial charge in [-0.25, -0.2) is 24.2 Å². The zero-order valence-electron chi connectivity index (χ0n) is 25.6. The number of carbonyl (C=O) groups is 4. The van der Waals surface area contributed by atoms with E-state index in [-0.39, 0.29) is 57.3 Å². The van der Waals surface area contributed by atoms with Crippen molar-refractivity contribution in [2.24, 2.45) is 0 Å². The molecule has 3 aromatic heterocycles. The van der Waals surface area contributed by atoms with E-state index in [1.165, 1.54) is 11.0 Å². The van der Waals surface area contributed by atoms with Crippen molar-refractivity contribution >= 4 is 75.3 Å². The molecule has 2 aromatic carbocycles. The fraction of sp³-hybridized carbons (Fsp3) is 0.143. The molecule has 0 aliphatic rings. The maximum atomic E-state index is 11.7. The number of aromatic carboxylic acids is 4. The van der Waals surface area contributed by atoms with Crippen molar-refractivity contribution in [3.05, 3.63) is 70.7 Å². The van der Waals surface area contributed by atoms with E-state index in [4.69, 9.17) is 5.73 Å². The second kappa shape index (κ2) is 13.1. The molecule has 0 fully saturated rings. The molecule has 0 amide bonds. The largest absolute Gasteiger partial charge is 0.478 e. The summed E-state index contributed by atoms with van der Waals surface area (Å²) in [5, 5.41) is 48.7. The zero-order chi connectivity index (χ0) is 35.6. The van der Waals surface area contributed by atoms with Gasteiger partial charge in [0.15, 0.2) is 5.82 Å². The van der Waals surface area contributed by atoms with Gasteiger partial charge in [0.2, 0.25) is 17.0 Å². The fourth-order valence-electron chi connectivity index (χ4n) is 4.30. The molecular weight excluding hydrogens is 664 g/mol. The number of carboxylic acids is 4. The maximum Gasteiger partial charge on any atom is 0.335 e. The van der Waals surface area contributed by atoms with Crippen molar-refractivity contribution < 1.29 is 39.6 Å². The van der Waals surface area contributed by atoms with Gasteiger partial charge in [0.25, 0.3) is 5.95 Å². The Hall–Kier alpha value is -6.90. The maximum absolute atomic E-state index is 11.7. The van der Waals surface area contributed by atoms with E-state index in [1.807, 2.05) is 20.8 Å². The zero-order valence-corrected chi connectivity index (χ0v) is 26.4. The van der Waals surface area contributed by atoms with Crippen LogP contribution in [0.25, 0.3) is 5.95 Å². The molecular formula is C28H26N12O8S. The molecule has 0 atom stereocenters. The first-order valence-corrected chi connectivity index (χ1v) is 14.6. The number of benzene rings is 2. The molecule has 49 heavy (non-hydrogen) atoms. The molecule has 20 nitrogen and oxygen atoms in total. The van der Waals surface area contributed by atoms with Crippen molar-refractivity contribution in [1.29, 1.82) is 0 Å². The molecule has 0 radical (unpaired) electrons. The van der Waals surface area contributed by atoms with Crippen molar-refractivity contribution in [3.8, 4) is 5.95 Å². The number of hydrogen-bond acceptors (Lipinski definition) is 16. The Labute approximate surface area is 278 Å². The second-order valence-electron chi connectivity index (χ2n) is 11.1. The molecule has 0 saturated carbocycles. The summed E-state index contributed by atoms with van der Waals surface area (Å²) in [6.07, 6.45) is 1.36. The number of carboxylic acid groups (broad SMARTS) is 4. The monoisotopic (exact) mass is 690 g/mol. The SMILES string of the molecule is CC(C)(C)c1nn(-c2nc(Nc3cc(C(=O)O)cc(C(=O)O)c3)nc(Nc3cc(C(=O)O)cc(C(=O)O)c3)n2)c(N)c1NNc1ncns1. The normalized spacial score (nSPS) is 11.1. The average Bonchev–Trinajstić information content (AvgIpc) is 3.67. The highest BCUT2D eigenvalue weighted by atomic mass is 32.1. The van der Waals surface area contributed by atoms with E-state index < -0.39 is 29.3 Å². The number of hydrazine groups is 1. The quantitative estimate of drug-likeness (QED) is 0.0845. The Morgan fingerprint density at radius 3 is 1.59 bits per heavy atom. The molecule has 21 heteroatoms. The van der Waals surface area contributed by atoms with Crippen LogP contribution >= 0.6 is 11.5 Å². The van der Waals surface area contributed by atoms with E-state index in [9.17, 15) is 39.6 Å². The van der Waals surface area contributed by atoms with Crippen LogP contribution in [0.1, 0.15) is 67.9 Å². The molecule has 0 spiro atoms. The number of hydrogen-bond donors (Lipinski definition) is 9. The number of anilines is 7. The second-order valence-corrected chi connectivity index (χ2v) is 11.9. The lowest BCUT2D eigenvalue weighted by molar-refractivity contribution is 0.0676. The molecule has 10 N–H and O–H groups in total. The van der Waals surface area contributed by atoms with E-state index in [2.05, 4.69) is 50.9 Å². The average molecular weight is 691 g/mol. The number of nitrogens with one attached hydrogen (secondary N) is 4. The van der Waals surface area contributed by atoms with Gasteiger partial charge in [-0.05, 0) is 36.4 Å². The van der Waals surface area contributed by atoms with Gasteiger partial charge >= 0.3 is 23.9 Å². The van der Waals surface area contributed by atoms with E-state index in [1.54, 1.807) is 0 Å². The van der Waals surface area contributed by atoms with Crippen LogP contribution in [0.15, 0.2) is 42.7 Å². The Morgan fingerprint density at radius 2 is 1.20 bits per heavy atom. The van der Waals surface area contributed by atoms with Crippen LogP contribution in [0.3, 0.4) is 0 Å². The lowest BCUT2D eigenvalue weighted by atomic mass is 9.91. The number of aromatic nitrogens is 7. The molecule has 0 aliphatic heterocycles. The number of nitrogens with two attached hydrogens (primary N) is 1. The molecule has 3 heterocycles. The first kappa shape index (κ1) is 33.5. The summed E-state index contributed by atoms with van der Waals surface area (Å²) in [7, 11) is 0. The van der Waals surface area contributed by atoms with Crippen LogP contribution in [0.5, 0.6) is 0 Å². The predicted molar refractivity (Wildman–Crippen MR) is 175 cm³/mol. The molecule has 0 bridgehead atoms. The highest BCUT2D eigenvalue weighted by Gasteiger charge is 2.28. The summed E-state index contributed by atoms with van der Waals surface area (Å²) in [5.74, 6) is -6.25. The van der Waals surface area contributed by atoms with Crippen molar-refractivity contribution in [3.63, 3.8) is 0 Å². The molecule has 252 valence electrons. The minimum Gasteiger partial charge on any atom is -0.478 e. The summed E-state index contributed by atoms with van der Waals surface area (Å²) < 4.78 is 5.11. The fourth-order valence-corrected chi connectivity index (χ4v) is 4.68. The van der Waals surface area contributed by atoms with Crippen LogP contribution in [0.2, 0.25) is 0 Å². The summed E-state index contributed by atoms with van der Waals surface area (Å²) in [6, 6.07) is 6.56. The van der Waals surface area contributed by atoms with E-state index in [0.717, 1.165) is 47.9 Å². The first-order valence-electron chi connectivity index (χ1n) is 13.8. The van der Waals surface area contributed by atoms with Crippen molar-refractivity contribution in [2.45, 2.75) is 26.2 Å². The highest BCUT2D eigenvalue weighted by molar-refractivity contribution is 7.09. The van der Waals surface area contributed by atoms with Gasteiger partial charge < -0.3 is 36.8 Å². The van der Waals surface area contributed by atoms with E-state index in [0.29, 0.717) is 16.5 Å². The summed E-state index contributed by atoms with van der Waals surface area (Å²) in [6.45, 7) is 5.65. The Bertz CT molecular complexity index is 1950. The van der Waals surface area contributed by atoms with Gasteiger partial charge in [-0.15, -0.1) is 0 Å². The van der Waals surface area contributed by atoms with Gasteiger partial charge in [0.05, 0.1) is 27.9 Å². The smallest absolute Gasteiger partial charge is 0.335 e. The lowest BCUT2D eigenvalue weighted by Crippen LogP contribution is -2.18. The van der Waals surface area contributed by atoms with Crippen LogP contribution in [-0.2, 0) is 5.41 Å². The van der Waals surface area contributed by atoms with E-state index >= 15 is 0 Å². The molecule has 0 aliphatic carbocycles. The van der Waals surface area contributed by atoms with Gasteiger partial charge in [-0.1, -0.05) is 20.8 Å². The third kappa shape index (κ3) is 7.57. The van der Waals surface area contributed by atoms with Crippen molar-refractivity contribution in [1.82, 2.24) is 34.1 Å². The third-order valence-corrected chi connectivity index (χ3v) is 7.05. The molecule has 5 rings (SSSR count). The Balaban J connectivity index is 1.65. The molecule has 5 aromatic rings. The minimum atomic E-state index is -1.39. The van der Waals surface area contributed by atoms with Crippen LogP contribution < -0.4 is 27.2 Å². The van der Waals surface area contributed by atoms with Crippen molar-refractivity contribution in [2.75, 3.05) is 27.2 Å². The van der Waals surface area contributed by atoms with Crippen LogP contribution in [-0.4, -0.2) is 78.4 Å². The molecule has 0 saturated heterocycles. The standard InChI is InChI=1S/C28H26N12O8S/c1-28(2,3)18-17(37-38-27-30-10-31-49-27)19(29)40(39-18)26-35-24(32-15-6-11(20(41)42)4-12(7-15)21(43)44)34-25(36-26)33-16-8-13(22(45)46)5-14(9-16)23(47)48/h4-10,37H,29H2,1-3H3,(H,41,42)(H,43,44)(H,45,46)(H,47,48)(H,30,31,38)(H2,32,33,34,35,36).